The van der Waals surface area contributed by atoms with Gasteiger partial charge in [-0.25, -0.2) is 0 Å². The van der Waals surface area contributed by atoms with Crippen LogP contribution in [0.2, 0.25) is 0 Å². The Morgan fingerprint density at radius 1 is 1.17 bits per heavy atom. The predicted molar refractivity (Wildman–Crippen MR) is 64.0 cm³/mol. The Morgan fingerprint density at radius 2 is 1.92 bits per heavy atom. The van der Waals surface area contributed by atoms with Gasteiger partial charge in [0.25, 0.3) is 0 Å². The van der Waals surface area contributed by atoms with E-state index in [1.54, 1.807) is 0 Å². The number of hydrogen-bond acceptors (Lipinski definition) is 0. The SMILES string of the molecule is BrCCCc1cc(Br)ccc1Br. The van der Waals surface area contributed by atoms with E-state index >= 15 is 0 Å². The number of benzene rings is 1. The zero-order valence-electron chi connectivity index (χ0n) is 6.49. The Morgan fingerprint density at radius 3 is 2.58 bits per heavy atom. The first kappa shape index (κ1) is 10.7. The van der Waals surface area contributed by atoms with Crippen molar-refractivity contribution in [2.75, 3.05) is 5.33 Å². The molecule has 0 spiro atoms. The lowest BCUT2D eigenvalue weighted by Crippen LogP contribution is -1.87. The van der Waals surface area contributed by atoms with Gasteiger partial charge in [-0.3, -0.25) is 0 Å². The van der Waals surface area contributed by atoms with Crippen LogP contribution in [0.3, 0.4) is 0 Å². The molecule has 1 rings (SSSR count). The lowest BCUT2D eigenvalue weighted by molar-refractivity contribution is 0.933. The second-order valence-corrected chi connectivity index (χ2v) is 5.09. The van der Waals surface area contributed by atoms with Crippen LogP contribution in [0.25, 0.3) is 0 Å². The summed E-state index contributed by atoms with van der Waals surface area (Å²) < 4.78 is 2.35. The van der Waals surface area contributed by atoms with Crippen LogP contribution in [0.15, 0.2) is 27.1 Å². The second kappa shape index (κ2) is 5.40. The summed E-state index contributed by atoms with van der Waals surface area (Å²) in [6.07, 6.45) is 2.29. The van der Waals surface area contributed by atoms with Crippen molar-refractivity contribution in [1.29, 1.82) is 0 Å². The van der Waals surface area contributed by atoms with Gasteiger partial charge in [0, 0.05) is 14.3 Å². The number of hydrogen-bond donors (Lipinski definition) is 0. The number of halogens is 3. The molecule has 0 N–H and O–H groups in total. The molecule has 0 aliphatic carbocycles. The topological polar surface area (TPSA) is 0 Å². The minimum Gasteiger partial charge on any atom is -0.0928 e. The summed E-state index contributed by atoms with van der Waals surface area (Å²) in [6.45, 7) is 0. The third-order valence-electron chi connectivity index (χ3n) is 1.59. The molecular weight excluding hydrogens is 348 g/mol. The van der Waals surface area contributed by atoms with Crippen molar-refractivity contribution in [3.63, 3.8) is 0 Å². The lowest BCUT2D eigenvalue weighted by atomic mass is 10.1. The van der Waals surface area contributed by atoms with Crippen molar-refractivity contribution in [3.8, 4) is 0 Å². The van der Waals surface area contributed by atoms with E-state index < -0.39 is 0 Å². The van der Waals surface area contributed by atoms with Crippen LogP contribution in [0.4, 0.5) is 0 Å². The summed E-state index contributed by atoms with van der Waals surface area (Å²) in [6, 6.07) is 6.28. The number of alkyl halides is 1. The fraction of sp³-hybridized carbons (Fsp3) is 0.333. The van der Waals surface area contributed by atoms with E-state index in [2.05, 4.69) is 59.9 Å². The molecule has 0 radical (unpaired) electrons. The molecule has 66 valence electrons. The van der Waals surface area contributed by atoms with Crippen LogP contribution in [-0.4, -0.2) is 5.33 Å². The van der Waals surface area contributed by atoms with Gasteiger partial charge in [-0.05, 0) is 36.6 Å². The zero-order valence-corrected chi connectivity index (χ0v) is 11.2. The van der Waals surface area contributed by atoms with Gasteiger partial charge in [0.15, 0.2) is 0 Å². The fourth-order valence-electron chi connectivity index (χ4n) is 0.992. The monoisotopic (exact) mass is 354 g/mol. The molecule has 1 aromatic carbocycles. The van der Waals surface area contributed by atoms with E-state index in [1.807, 2.05) is 6.07 Å². The lowest BCUT2D eigenvalue weighted by Gasteiger charge is -2.03. The maximum absolute atomic E-state index is 3.52. The Kier molecular flexibility index (Phi) is 4.84. The minimum atomic E-state index is 1.06. The molecule has 0 fully saturated rings. The molecule has 0 aromatic heterocycles. The molecular formula is C9H9Br3. The highest BCUT2D eigenvalue weighted by Crippen LogP contribution is 2.22. The van der Waals surface area contributed by atoms with Crippen molar-refractivity contribution in [1.82, 2.24) is 0 Å². The molecule has 0 saturated carbocycles. The van der Waals surface area contributed by atoms with E-state index in [-0.39, 0.29) is 0 Å². The van der Waals surface area contributed by atoms with E-state index in [9.17, 15) is 0 Å². The van der Waals surface area contributed by atoms with Gasteiger partial charge in [0.1, 0.15) is 0 Å². The van der Waals surface area contributed by atoms with Crippen molar-refractivity contribution < 1.29 is 0 Å². The first-order chi connectivity index (χ1) is 5.74. The summed E-state index contributed by atoms with van der Waals surface area (Å²) in [7, 11) is 0. The molecule has 0 aliphatic heterocycles. The summed E-state index contributed by atoms with van der Waals surface area (Å²) in [4.78, 5) is 0. The second-order valence-electron chi connectivity index (χ2n) is 2.53. The summed E-state index contributed by atoms with van der Waals surface area (Å²) in [5.74, 6) is 0. The zero-order chi connectivity index (χ0) is 8.97. The van der Waals surface area contributed by atoms with Crippen LogP contribution in [-0.2, 0) is 6.42 Å². The third-order valence-corrected chi connectivity index (χ3v) is 3.42. The molecule has 0 amide bonds. The molecule has 0 unspecified atom stereocenters. The van der Waals surface area contributed by atoms with Gasteiger partial charge in [-0.15, -0.1) is 0 Å². The van der Waals surface area contributed by atoms with Gasteiger partial charge in [0.2, 0.25) is 0 Å². The number of aryl methyl sites for hydroxylation is 1. The molecule has 12 heavy (non-hydrogen) atoms. The molecule has 1 aromatic rings. The summed E-state index contributed by atoms with van der Waals surface area (Å²) >= 11 is 10.4. The molecule has 0 saturated heterocycles. The highest BCUT2D eigenvalue weighted by molar-refractivity contribution is 9.11. The van der Waals surface area contributed by atoms with Gasteiger partial charge in [0.05, 0.1) is 0 Å². The highest BCUT2D eigenvalue weighted by Gasteiger charge is 1.99. The Labute approximate surface area is 98.1 Å². The maximum Gasteiger partial charge on any atom is 0.0208 e. The van der Waals surface area contributed by atoms with Gasteiger partial charge in [-0.2, -0.15) is 0 Å². The average molecular weight is 357 g/mol. The average Bonchev–Trinajstić information content (AvgIpc) is 2.07. The molecule has 3 heteroatoms. The Bertz CT molecular complexity index is 258. The predicted octanol–water partition coefficient (Wildman–Crippen LogP) is 4.54. The largest absolute Gasteiger partial charge is 0.0928 e. The van der Waals surface area contributed by atoms with Crippen molar-refractivity contribution in [3.05, 3.63) is 32.7 Å². The fourth-order valence-corrected chi connectivity index (χ4v) is 2.13. The van der Waals surface area contributed by atoms with E-state index in [0.29, 0.717) is 0 Å². The quantitative estimate of drug-likeness (QED) is 0.697. The first-order valence-corrected chi connectivity index (χ1v) is 6.44. The van der Waals surface area contributed by atoms with Gasteiger partial charge >= 0.3 is 0 Å². The molecule has 0 atom stereocenters. The summed E-state index contributed by atoms with van der Waals surface area (Å²) in [5.41, 5.74) is 1.36. The maximum atomic E-state index is 3.52. The van der Waals surface area contributed by atoms with E-state index in [0.717, 1.165) is 16.2 Å². The minimum absolute atomic E-state index is 1.06. The van der Waals surface area contributed by atoms with E-state index in [1.165, 1.54) is 16.5 Å². The van der Waals surface area contributed by atoms with Gasteiger partial charge in [-0.1, -0.05) is 47.8 Å². The van der Waals surface area contributed by atoms with Crippen LogP contribution in [0.1, 0.15) is 12.0 Å². The van der Waals surface area contributed by atoms with Crippen molar-refractivity contribution in [2.24, 2.45) is 0 Å². The van der Waals surface area contributed by atoms with Crippen LogP contribution < -0.4 is 0 Å². The smallest absolute Gasteiger partial charge is 0.0208 e. The van der Waals surface area contributed by atoms with Gasteiger partial charge < -0.3 is 0 Å². The van der Waals surface area contributed by atoms with Crippen molar-refractivity contribution >= 4 is 47.8 Å². The molecule has 0 bridgehead atoms. The Balaban J connectivity index is 2.75. The molecule has 0 nitrogen and oxygen atoms in total. The Hall–Kier alpha value is 0.660. The van der Waals surface area contributed by atoms with Crippen molar-refractivity contribution in [2.45, 2.75) is 12.8 Å². The normalized spacial score (nSPS) is 10.2. The van der Waals surface area contributed by atoms with Crippen LogP contribution in [0, 0.1) is 0 Å². The standard InChI is InChI=1S/C9H9Br3/c10-5-1-2-7-6-8(11)3-4-9(7)12/h3-4,6H,1-2,5H2. The third kappa shape index (κ3) is 3.19. The number of rotatable bonds is 3. The molecule has 0 heterocycles. The first-order valence-electron chi connectivity index (χ1n) is 3.74. The highest BCUT2D eigenvalue weighted by atomic mass is 79.9. The summed E-state index contributed by atoms with van der Waals surface area (Å²) in [5, 5.41) is 1.06. The van der Waals surface area contributed by atoms with Crippen LogP contribution in [0.5, 0.6) is 0 Å². The molecule has 0 aliphatic rings. The van der Waals surface area contributed by atoms with Crippen LogP contribution >= 0.6 is 47.8 Å². The van der Waals surface area contributed by atoms with E-state index in [4.69, 9.17) is 0 Å².